The normalized spacial score (nSPS) is 32.9. The van der Waals surface area contributed by atoms with E-state index < -0.39 is 15.1 Å². The highest BCUT2D eigenvalue weighted by Gasteiger charge is 2.35. The van der Waals surface area contributed by atoms with Gasteiger partial charge in [-0.3, -0.25) is 4.79 Å². The lowest BCUT2D eigenvalue weighted by Crippen LogP contribution is -2.51. The molecule has 0 saturated carbocycles. The Bertz CT molecular complexity index is 374. The first-order valence-electron chi connectivity index (χ1n) is 6.32. The maximum atomic E-state index is 12.0. The molecule has 98 valence electrons. The van der Waals surface area contributed by atoms with Crippen LogP contribution in [0.1, 0.15) is 32.1 Å². The monoisotopic (exact) mass is 260 g/mol. The molecule has 6 heteroatoms. The molecule has 0 aromatic rings. The van der Waals surface area contributed by atoms with Crippen molar-refractivity contribution in [3.63, 3.8) is 0 Å². The van der Waals surface area contributed by atoms with Gasteiger partial charge >= 0.3 is 0 Å². The molecule has 2 aliphatic heterocycles. The van der Waals surface area contributed by atoms with Crippen LogP contribution >= 0.6 is 0 Å². The van der Waals surface area contributed by atoms with Crippen LogP contribution in [-0.2, 0) is 14.6 Å². The Kier molecular flexibility index (Phi) is 4.04. The van der Waals surface area contributed by atoms with E-state index in [0.29, 0.717) is 12.8 Å². The highest BCUT2D eigenvalue weighted by atomic mass is 32.2. The minimum atomic E-state index is -3.21. The lowest BCUT2D eigenvalue weighted by Gasteiger charge is -2.27. The summed E-state index contributed by atoms with van der Waals surface area (Å²) in [5.74, 6) is -0.132. The Morgan fingerprint density at radius 3 is 2.65 bits per heavy atom. The molecule has 2 saturated heterocycles. The second-order valence-corrected chi connectivity index (χ2v) is 7.21. The van der Waals surface area contributed by atoms with E-state index in [1.165, 1.54) is 0 Å². The first-order valence-corrected chi connectivity index (χ1v) is 8.04. The van der Waals surface area contributed by atoms with Gasteiger partial charge in [-0.25, -0.2) is 8.42 Å². The summed E-state index contributed by atoms with van der Waals surface area (Å²) in [6, 6.07) is 0.0911. The average Bonchev–Trinajstić information content (AvgIpc) is 2.29. The second-order valence-electron chi connectivity index (χ2n) is 4.90. The SMILES string of the molecule is O=C(NC1CCCNC1)C1CCCCS1(=O)=O. The zero-order valence-electron chi connectivity index (χ0n) is 9.94. The third-order valence-electron chi connectivity index (χ3n) is 3.51. The molecular formula is C11H20N2O3S. The lowest BCUT2D eigenvalue weighted by atomic mass is 10.1. The van der Waals surface area contributed by atoms with E-state index in [-0.39, 0.29) is 17.7 Å². The van der Waals surface area contributed by atoms with Gasteiger partial charge in [0.15, 0.2) is 9.84 Å². The number of amides is 1. The molecule has 0 spiro atoms. The molecular weight excluding hydrogens is 240 g/mol. The molecule has 17 heavy (non-hydrogen) atoms. The van der Waals surface area contributed by atoms with Gasteiger partial charge in [-0.2, -0.15) is 0 Å². The Morgan fingerprint density at radius 1 is 1.18 bits per heavy atom. The van der Waals surface area contributed by atoms with E-state index >= 15 is 0 Å². The van der Waals surface area contributed by atoms with Gasteiger partial charge in [0, 0.05) is 12.6 Å². The molecule has 0 bridgehead atoms. The highest BCUT2D eigenvalue weighted by molar-refractivity contribution is 7.92. The van der Waals surface area contributed by atoms with Crippen LogP contribution < -0.4 is 10.6 Å². The molecule has 0 aliphatic carbocycles. The maximum absolute atomic E-state index is 12.0. The van der Waals surface area contributed by atoms with Crippen LogP contribution in [0.15, 0.2) is 0 Å². The van der Waals surface area contributed by atoms with E-state index in [1.54, 1.807) is 0 Å². The first kappa shape index (κ1) is 12.8. The van der Waals surface area contributed by atoms with E-state index in [9.17, 15) is 13.2 Å². The van der Waals surface area contributed by atoms with Crippen molar-refractivity contribution in [1.82, 2.24) is 10.6 Å². The smallest absolute Gasteiger partial charge is 0.238 e. The summed E-state index contributed by atoms with van der Waals surface area (Å²) in [5, 5.41) is 5.26. The van der Waals surface area contributed by atoms with Crippen molar-refractivity contribution in [3.8, 4) is 0 Å². The number of piperidine rings is 1. The predicted molar refractivity (Wildman–Crippen MR) is 65.5 cm³/mol. The summed E-state index contributed by atoms with van der Waals surface area (Å²) < 4.78 is 23.6. The Hall–Kier alpha value is -0.620. The zero-order valence-corrected chi connectivity index (χ0v) is 10.8. The van der Waals surface area contributed by atoms with Crippen molar-refractivity contribution >= 4 is 15.7 Å². The minimum absolute atomic E-state index is 0.0911. The number of carbonyl (C=O) groups is 1. The number of hydrogen-bond acceptors (Lipinski definition) is 4. The Morgan fingerprint density at radius 2 is 2.00 bits per heavy atom. The molecule has 0 aromatic carbocycles. The Balaban J connectivity index is 1.94. The fourth-order valence-corrected chi connectivity index (χ4v) is 4.33. The Labute approximate surface area is 102 Å². The molecule has 5 nitrogen and oxygen atoms in total. The van der Waals surface area contributed by atoms with Crippen LogP contribution in [0.25, 0.3) is 0 Å². The highest BCUT2D eigenvalue weighted by Crippen LogP contribution is 2.20. The van der Waals surface area contributed by atoms with Gasteiger partial charge in [-0.05, 0) is 32.2 Å². The number of rotatable bonds is 2. The van der Waals surface area contributed by atoms with Crippen molar-refractivity contribution in [2.75, 3.05) is 18.8 Å². The fraction of sp³-hybridized carbons (Fsp3) is 0.909. The quantitative estimate of drug-likeness (QED) is 0.722. The van der Waals surface area contributed by atoms with Crippen LogP contribution in [0.5, 0.6) is 0 Å². The van der Waals surface area contributed by atoms with Crippen LogP contribution in [0.2, 0.25) is 0 Å². The number of sulfone groups is 1. The summed E-state index contributed by atoms with van der Waals surface area (Å²) in [5.41, 5.74) is 0. The van der Waals surface area contributed by atoms with Crippen molar-refractivity contribution in [3.05, 3.63) is 0 Å². The van der Waals surface area contributed by atoms with Crippen molar-refractivity contribution in [2.45, 2.75) is 43.4 Å². The summed E-state index contributed by atoms with van der Waals surface area (Å²) in [4.78, 5) is 12.0. The third-order valence-corrected chi connectivity index (χ3v) is 5.69. The van der Waals surface area contributed by atoms with Gasteiger partial charge in [0.1, 0.15) is 5.25 Å². The molecule has 0 aromatic heterocycles. The summed E-state index contributed by atoms with van der Waals surface area (Å²) >= 11 is 0. The molecule has 2 heterocycles. The fourth-order valence-electron chi connectivity index (χ4n) is 2.52. The van der Waals surface area contributed by atoms with Gasteiger partial charge in [-0.1, -0.05) is 6.42 Å². The van der Waals surface area contributed by atoms with E-state index in [2.05, 4.69) is 10.6 Å². The predicted octanol–water partition coefficient (Wildman–Crippen LogP) is -0.178. The minimum Gasteiger partial charge on any atom is -0.351 e. The van der Waals surface area contributed by atoms with Gasteiger partial charge < -0.3 is 10.6 Å². The van der Waals surface area contributed by atoms with Gasteiger partial charge in [-0.15, -0.1) is 0 Å². The molecule has 2 unspecified atom stereocenters. The molecule has 2 fully saturated rings. The molecule has 2 N–H and O–H groups in total. The van der Waals surface area contributed by atoms with Gasteiger partial charge in [0.2, 0.25) is 5.91 Å². The second kappa shape index (κ2) is 5.35. The first-order chi connectivity index (χ1) is 8.09. The summed E-state index contributed by atoms with van der Waals surface area (Å²) in [6.45, 7) is 1.73. The van der Waals surface area contributed by atoms with Crippen LogP contribution in [0.4, 0.5) is 0 Å². The van der Waals surface area contributed by atoms with E-state index in [1.807, 2.05) is 0 Å². The van der Waals surface area contributed by atoms with Gasteiger partial charge in [0.25, 0.3) is 0 Å². The number of nitrogens with one attached hydrogen (secondary N) is 2. The molecule has 2 rings (SSSR count). The standard InChI is InChI=1S/C11H20N2O3S/c14-11(13-9-4-3-6-12-8-9)10-5-1-2-7-17(10,15)16/h9-10,12H,1-8H2,(H,13,14). The van der Waals surface area contributed by atoms with E-state index in [0.717, 1.165) is 32.4 Å². The van der Waals surface area contributed by atoms with E-state index in [4.69, 9.17) is 0 Å². The van der Waals surface area contributed by atoms with Crippen molar-refractivity contribution in [2.24, 2.45) is 0 Å². The molecule has 2 aliphatic rings. The lowest BCUT2D eigenvalue weighted by molar-refractivity contribution is -0.121. The summed E-state index contributed by atoms with van der Waals surface area (Å²) in [7, 11) is -3.21. The maximum Gasteiger partial charge on any atom is 0.238 e. The van der Waals surface area contributed by atoms with Crippen LogP contribution in [0, 0.1) is 0 Å². The third kappa shape index (κ3) is 3.19. The molecule has 1 amide bonds. The number of hydrogen-bond donors (Lipinski definition) is 2. The van der Waals surface area contributed by atoms with Crippen molar-refractivity contribution in [1.29, 1.82) is 0 Å². The largest absolute Gasteiger partial charge is 0.351 e. The van der Waals surface area contributed by atoms with Crippen LogP contribution in [0.3, 0.4) is 0 Å². The average molecular weight is 260 g/mol. The molecule has 0 radical (unpaired) electrons. The van der Waals surface area contributed by atoms with Gasteiger partial charge in [0.05, 0.1) is 5.75 Å². The zero-order chi connectivity index (χ0) is 12.3. The topological polar surface area (TPSA) is 75.3 Å². The number of carbonyl (C=O) groups excluding carboxylic acids is 1. The molecule has 2 atom stereocenters. The van der Waals surface area contributed by atoms with Crippen molar-refractivity contribution < 1.29 is 13.2 Å². The summed E-state index contributed by atoms with van der Waals surface area (Å²) in [6.07, 6.45) is 3.97. The van der Waals surface area contributed by atoms with Crippen LogP contribution in [-0.4, -0.2) is 44.5 Å².